The molecule has 7 nitrogen and oxygen atoms in total. The zero-order valence-corrected chi connectivity index (χ0v) is 15.3. The number of anilines is 1. The number of hydrogen-bond donors (Lipinski definition) is 2. The minimum absolute atomic E-state index is 0.248. The molecule has 28 heavy (non-hydrogen) atoms. The van der Waals surface area contributed by atoms with Crippen LogP contribution in [0, 0.1) is 17.1 Å². The smallest absolute Gasteiger partial charge is 0.345 e. The van der Waals surface area contributed by atoms with Crippen molar-refractivity contribution in [2.45, 2.75) is 24.0 Å². The number of carbonyl (C=O) groups excluding carboxylic acids is 1. The molecule has 1 heterocycles. The minimum Gasteiger partial charge on any atom is -0.345 e. The van der Waals surface area contributed by atoms with E-state index >= 15 is 0 Å². The molecular formula is C16H14F4N4O3S. The molecule has 1 atom stereocenters. The molecule has 2 rings (SSSR count). The molecule has 0 aliphatic rings. The number of aryl methyl sites for hydroxylation is 1. The number of aromatic nitrogens is 1. The van der Waals surface area contributed by atoms with Crippen LogP contribution in [0.3, 0.4) is 0 Å². The van der Waals surface area contributed by atoms with E-state index in [-0.39, 0.29) is 16.9 Å². The van der Waals surface area contributed by atoms with E-state index in [1.807, 2.05) is 0 Å². The van der Waals surface area contributed by atoms with Crippen molar-refractivity contribution in [1.29, 1.82) is 5.26 Å². The first kappa shape index (κ1) is 21.4. The quantitative estimate of drug-likeness (QED) is 0.728. The summed E-state index contributed by atoms with van der Waals surface area (Å²) in [6.45, 7) is 0.638. The van der Waals surface area contributed by atoms with Crippen molar-refractivity contribution >= 4 is 21.6 Å². The van der Waals surface area contributed by atoms with Gasteiger partial charge in [0.05, 0.1) is 11.3 Å². The van der Waals surface area contributed by atoms with Crippen molar-refractivity contribution in [1.82, 2.24) is 9.29 Å². The standard InChI is InChI=1S/C16H14F4N4O3S/c1-9(16(18,19)20)23-28(26,27)11-6-13(24(2)8-11)15(25)22-12-5-3-4-10(7-21)14(12)17/h3-6,8-9,23H,1-2H3,(H,22,25)/t9-/m0/s1. The largest absolute Gasteiger partial charge is 0.404 e. The summed E-state index contributed by atoms with van der Waals surface area (Å²) in [6, 6.07) is 3.85. The normalized spacial score (nSPS) is 13.0. The monoisotopic (exact) mass is 418 g/mol. The molecule has 150 valence electrons. The Labute approximate surface area is 157 Å². The Kier molecular flexibility index (Phi) is 5.81. The second kappa shape index (κ2) is 7.61. The van der Waals surface area contributed by atoms with E-state index in [0.717, 1.165) is 16.8 Å². The van der Waals surface area contributed by atoms with Crippen molar-refractivity contribution in [3.05, 3.63) is 47.5 Å². The van der Waals surface area contributed by atoms with E-state index in [2.05, 4.69) is 5.32 Å². The molecule has 2 aromatic rings. The second-order valence-corrected chi connectivity index (χ2v) is 7.50. The van der Waals surface area contributed by atoms with Crippen LogP contribution in [0.1, 0.15) is 23.0 Å². The molecule has 0 bridgehead atoms. The number of alkyl halides is 3. The predicted octanol–water partition coefficient (Wildman–Crippen LogP) is 2.52. The Hall–Kier alpha value is -2.91. The number of nitriles is 1. The van der Waals surface area contributed by atoms with Crippen LogP contribution in [0.5, 0.6) is 0 Å². The lowest BCUT2D eigenvalue weighted by molar-refractivity contribution is -0.147. The molecule has 1 aromatic carbocycles. The molecule has 0 saturated heterocycles. The summed E-state index contributed by atoms with van der Waals surface area (Å²) in [7, 11) is -3.26. The van der Waals surface area contributed by atoms with Gasteiger partial charge in [-0.05, 0) is 25.1 Å². The SMILES string of the molecule is C[C@H](NS(=O)(=O)c1cc(C(=O)Nc2cccc(C#N)c2F)n(C)c1)C(F)(F)F. The van der Waals surface area contributed by atoms with Gasteiger partial charge in [0, 0.05) is 13.2 Å². The Morgan fingerprint density at radius 2 is 1.96 bits per heavy atom. The fraction of sp³-hybridized carbons (Fsp3) is 0.250. The fourth-order valence-electron chi connectivity index (χ4n) is 2.18. The average molecular weight is 418 g/mol. The van der Waals surface area contributed by atoms with Crippen molar-refractivity contribution in [2.75, 3.05) is 5.32 Å². The van der Waals surface area contributed by atoms with E-state index in [0.29, 0.717) is 6.92 Å². The number of amides is 1. The van der Waals surface area contributed by atoms with Crippen molar-refractivity contribution in [2.24, 2.45) is 7.05 Å². The van der Waals surface area contributed by atoms with Gasteiger partial charge in [-0.15, -0.1) is 0 Å². The number of nitrogens with one attached hydrogen (secondary N) is 2. The summed E-state index contributed by atoms with van der Waals surface area (Å²) in [6.07, 6.45) is -3.84. The van der Waals surface area contributed by atoms with Gasteiger partial charge >= 0.3 is 6.18 Å². The third-order valence-corrected chi connectivity index (χ3v) is 5.22. The maximum Gasteiger partial charge on any atom is 0.404 e. The summed E-state index contributed by atoms with van der Waals surface area (Å²) in [5.74, 6) is -1.89. The molecule has 0 radical (unpaired) electrons. The van der Waals surface area contributed by atoms with Crippen LogP contribution in [-0.2, 0) is 17.1 Å². The van der Waals surface area contributed by atoms with Gasteiger partial charge in [-0.3, -0.25) is 4.79 Å². The molecule has 0 aliphatic carbocycles. The number of sulfonamides is 1. The van der Waals surface area contributed by atoms with Gasteiger partial charge in [0.2, 0.25) is 10.0 Å². The zero-order valence-electron chi connectivity index (χ0n) is 14.5. The number of rotatable bonds is 5. The topological polar surface area (TPSA) is 104 Å². The fourth-order valence-corrected chi connectivity index (χ4v) is 3.47. The summed E-state index contributed by atoms with van der Waals surface area (Å²) < 4.78 is 78.6. The van der Waals surface area contributed by atoms with Crippen molar-refractivity contribution < 1.29 is 30.8 Å². The first-order chi connectivity index (χ1) is 12.9. The highest BCUT2D eigenvalue weighted by molar-refractivity contribution is 7.89. The van der Waals surface area contributed by atoms with Crippen LogP contribution >= 0.6 is 0 Å². The highest BCUT2D eigenvalue weighted by Gasteiger charge is 2.39. The predicted molar refractivity (Wildman–Crippen MR) is 90.3 cm³/mol. The number of hydrogen-bond acceptors (Lipinski definition) is 4. The maximum atomic E-state index is 14.0. The lowest BCUT2D eigenvalue weighted by atomic mass is 10.2. The van der Waals surface area contributed by atoms with Crippen molar-refractivity contribution in [3.8, 4) is 6.07 Å². The molecule has 1 amide bonds. The number of benzene rings is 1. The van der Waals surface area contributed by atoms with Gasteiger partial charge < -0.3 is 9.88 Å². The summed E-state index contributed by atoms with van der Waals surface area (Å²) >= 11 is 0. The van der Waals surface area contributed by atoms with Gasteiger partial charge in [0.15, 0.2) is 5.82 Å². The Morgan fingerprint density at radius 3 is 2.54 bits per heavy atom. The van der Waals surface area contributed by atoms with Crippen LogP contribution in [0.2, 0.25) is 0 Å². The van der Waals surface area contributed by atoms with Gasteiger partial charge in [-0.2, -0.15) is 23.2 Å². The summed E-state index contributed by atoms with van der Waals surface area (Å²) in [4.78, 5) is 11.8. The summed E-state index contributed by atoms with van der Waals surface area (Å²) in [5, 5.41) is 11.0. The van der Waals surface area contributed by atoms with Crippen LogP contribution < -0.4 is 10.0 Å². The molecular weight excluding hydrogens is 404 g/mol. The molecule has 0 saturated carbocycles. The number of nitrogens with zero attached hydrogens (tertiary/aromatic N) is 2. The Bertz CT molecular complexity index is 1050. The van der Waals surface area contributed by atoms with Crippen LogP contribution in [0.15, 0.2) is 35.4 Å². The van der Waals surface area contributed by atoms with Gasteiger partial charge in [0.1, 0.15) is 22.7 Å². The first-order valence-electron chi connectivity index (χ1n) is 7.62. The molecule has 1 aromatic heterocycles. The highest BCUT2D eigenvalue weighted by Crippen LogP contribution is 2.23. The lowest BCUT2D eigenvalue weighted by Crippen LogP contribution is -2.42. The number of carbonyl (C=O) groups is 1. The first-order valence-corrected chi connectivity index (χ1v) is 9.10. The van der Waals surface area contributed by atoms with E-state index in [1.54, 1.807) is 6.07 Å². The van der Waals surface area contributed by atoms with Crippen LogP contribution in [0.25, 0.3) is 0 Å². The molecule has 0 spiro atoms. The van der Waals surface area contributed by atoms with Crippen molar-refractivity contribution in [3.63, 3.8) is 0 Å². The molecule has 0 unspecified atom stereocenters. The zero-order chi connectivity index (χ0) is 21.3. The molecule has 0 aliphatic heterocycles. The Balaban J connectivity index is 2.29. The summed E-state index contributed by atoms with van der Waals surface area (Å²) in [5.41, 5.74) is -0.862. The van der Waals surface area contributed by atoms with E-state index in [4.69, 9.17) is 5.26 Å². The van der Waals surface area contributed by atoms with Gasteiger partial charge in [-0.25, -0.2) is 12.8 Å². The van der Waals surface area contributed by atoms with Crippen LogP contribution in [-0.4, -0.2) is 31.1 Å². The molecule has 0 fully saturated rings. The third kappa shape index (κ3) is 4.49. The van der Waals surface area contributed by atoms with Gasteiger partial charge in [-0.1, -0.05) is 6.07 Å². The van der Waals surface area contributed by atoms with E-state index < -0.39 is 38.9 Å². The van der Waals surface area contributed by atoms with E-state index in [9.17, 15) is 30.8 Å². The average Bonchev–Trinajstić information content (AvgIpc) is 2.98. The number of halogens is 4. The minimum atomic E-state index is -4.79. The van der Waals surface area contributed by atoms with Gasteiger partial charge in [0.25, 0.3) is 5.91 Å². The lowest BCUT2D eigenvalue weighted by Gasteiger charge is -2.16. The molecule has 2 N–H and O–H groups in total. The maximum absolute atomic E-state index is 14.0. The highest BCUT2D eigenvalue weighted by atomic mass is 32.2. The van der Waals surface area contributed by atoms with Crippen LogP contribution in [0.4, 0.5) is 23.2 Å². The Morgan fingerprint density at radius 1 is 1.32 bits per heavy atom. The van der Waals surface area contributed by atoms with E-state index in [1.165, 1.54) is 30.0 Å². The molecule has 12 heteroatoms. The third-order valence-electron chi connectivity index (χ3n) is 3.71. The second-order valence-electron chi connectivity index (χ2n) is 5.79.